The minimum Gasteiger partial charge on any atom is -0.482 e. The fraction of sp³-hybridized carbons (Fsp3) is 0.533. The van der Waals surface area contributed by atoms with Crippen LogP contribution in [0.15, 0.2) is 24.3 Å². The fourth-order valence-corrected chi connectivity index (χ4v) is 2.61. The van der Waals surface area contributed by atoms with Crippen LogP contribution < -0.4 is 10.5 Å². The summed E-state index contributed by atoms with van der Waals surface area (Å²) in [4.78, 5) is 16.3. The standard InChI is InChI=1S/C15H23N3O2/c1-17(2)10-12-6-5-9-18(12)15(19)11-20-14-8-4-3-7-13(14)16/h3-4,7-8,12H,5-6,9-11,16H2,1-2H3. The van der Waals surface area contributed by atoms with E-state index in [4.69, 9.17) is 10.5 Å². The molecule has 2 rings (SSSR count). The summed E-state index contributed by atoms with van der Waals surface area (Å²) in [6, 6.07) is 7.54. The molecule has 1 amide bonds. The zero-order valence-corrected chi connectivity index (χ0v) is 12.2. The van der Waals surface area contributed by atoms with Gasteiger partial charge >= 0.3 is 0 Å². The second-order valence-electron chi connectivity index (χ2n) is 5.47. The Bertz CT molecular complexity index is 462. The SMILES string of the molecule is CN(C)CC1CCCN1C(=O)COc1ccccc1N. The van der Waals surface area contributed by atoms with Crippen molar-refractivity contribution in [2.75, 3.05) is 39.5 Å². The molecular formula is C15H23N3O2. The Morgan fingerprint density at radius 1 is 1.45 bits per heavy atom. The Labute approximate surface area is 120 Å². The Kier molecular flexibility index (Phi) is 4.84. The van der Waals surface area contributed by atoms with Crippen molar-refractivity contribution in [2.45, 2.75) is 18.9 Å². The summed E-state index contributed by atoms with van der Waals surface area (Å²) >= 11 is 0. The van der Waals surface area contributed by atoms with Crippen molar-refractivity contribution in [3.63, 3.8) is 0 Å². The molecule has 0 saturated carbocycles. The van der Waals surface area contributed by atoms with Crippen molar-refractivity contribution in [2.24, 2.45) is 0 Å². The third-order valence-corrected chi connectivity index (χ3v) is 3.54. The fourth-order valence-electron chi connectivity index (χ4n) is 2.61. The first-order chi connectivity index (χ1) is 9.58. The van der Waals surface area contributed by atoms with Crippen LogP contribution in [0.1, 0.15) is 12.8 Å². The first-order valence-corrected chi connectivity index (χ1v) is 6.99. The second kappa shape index (κ2) is 6.61. The van der Waals surface area contributed by atoms with Crippen LogP contribution >= 0.6 is 0 Å². The molecule has 1 saturated heterocycles. The van der Waals surface area contributed by atoms with E-state index in [-0.39, 0.29) is 12.5 Å². The number of anilines is 1. The molecular weight excluding hydrogens is 254 g/mol. The van der Waals surface area contributed by atoms with Gasteiger partial charge < -0.3 is 20.3 Å². The quantitative estimate of drug-likeness (QED) is 0.822. The molecule has 5 nitrogen and oxygen atoms in total. The lowest BCUT2D eigenvalue weighted by atomic mass is 10.2. The highest BCUT2D eigenvalue weighted by atomic mass is 16.5. The summed E-state index contributed by atoms with van der Waals surface area (Å²) in [6.07, 6.45) is 2.13. The zero-order chi connectivity index (χ0) is 14.5. The lowest BCUT2D eigenvalue weighted by Crippen LogP contribution is -2.43. The average molecular weight is 277 g/mol. The molecule has 0 aromatic heterocycles. The van der Waals surface area contributed by atoms with Crippen LogP contribution in [0.4, 0.5) is 5.69 Å². The molecule has 0 aliphatic carbocycles. The summed E-state index contributed by atoms with van der Waals surface area (Å²) in [7, 11) is 4.06. The van der Waals surface area contributed by atoms with Gasteiger partial charge in [-0.15, -0.1) is 0 Å². The molecule has 2 N–H and O–H groups in total. The first-order valence-electron chi connectivity index (χ1n) is 6.99. The predicted molar refractivity (Wildman–Crippen MR) is 79.6 cm³/mol. The van der Waals surface area contributed by atoms with E-state index in [2.05, 4.69) is 4.90 Å². The minimum atomic E-state index is 0.0394. The molecule has 1 fully saturated rings. The summed E-state index contributed by atoms with van der Waals surface area (Å²) in [5.74, 6) is 0.613. The summed E-state index contributed by atoms with van der Waals surface area (Å²) in [5, 5.41) is 0. The Morgan fingerprint density at radius 2 is 2.20 bits per heavy atom. The van der Waals surface area contributed by atoms with Crippen molar-refractivity contribution < 1.29 is 9.53 Å². The van der Waals surface area contributed by atoms with E-state index in [0.29, 0.717) is 17.5 Å². The van der Waals surface area contributed by atoms with Crippen LogP contribution in [-0.4, -0.2) is 55.5 Å². The first kappa shape index (κ1) is 14.7. The minimum absolute atomic E-state index is 0.0394. The maximum Gasteiger partial charge on any atom is 0.260 e. The van der Waals surface area contributed by atoms with Crippen molar-refractivity contribution in [3.8, 4) is 5.75 Å². The Morgan fingerprint density at radius 3 is 2.90 bits per heavy atom. The van der Waals surface area contributed by atoms with Crippen LogP contribution in [0.2, 0.25) is 0 Å². The number of carbonyl (C=O) groups is 1. The van der Waals surface area contributed by atoms with E-state index in [0.717, 1.165) is 25.9 Å². The number of benzene rings is 1. The molecule has 1 aliphatic heterocycles. The van der Waals surface area contributed by atoms with Crippen molar-refractivity contribution in [1.82, 2.24) is 9.80 Å². The molecule has 1 heterocycles. The van der Waals surface area contributed by atoms with Crippen molar-refractivity contribution >= 4 is 11.6 Å². The average Bonchev–Trinajstić information content (AvgIpc) is 2.85. The van der Waals surface area contributed by atoms with Crippen LogP contribution in [0.25, 0.3) is 0 Å². The Hall–Kier alpha value is -1.75. The van der Waals surface area contributed by atoms with Crippen LogP contribution in [0.5, 0.6) is 5.75 Å². The normalized spacial score (nSPS) is 18.6. The molecule has 110 valence electrons. The van der Waals surface area contributed by atoms with Crippen molar-refractivity contribution in [3.05, 3.63) is 24.3 Å². The molecule has 1 aromatic rings. The molecule has 1 atom stereocenters. The molecule has 0 bridgehead atoms. The number of hydrogen-bond donors (Lipinski definition) is 1. The highest BCUT2D eigenvalue weighted by Crippen LogP contribution is 2.21. The van der Waals surface area contributed by atoms with Crippen molar-refractivity contribution in [1.29, 1.82) is 0 Å². The van der Waals surface area contributed by atoms with E-state index in [9.17, 15) is 4.79 Å². The number of nitrogens with two attached hydrogens (primary N) is 1. The lowest BCUT2D eigenvalue weighted by Gasteiger charge is -2.27. The predicted octanol–water partition coefficient (Wildman–Crippen LogP) is 1.20. The van der Waals surface area contributed by atoms with Gasteiger partial charge in [0.2, 0.25) is 0 Å². The van der Waals surface area contributed by atoms with Gasteiger partial charge in [-0.1, -0.05) is 12.1 Å². The van der Waals surface area contributed by atoms with Gasteiger partial charge in [0.1, 0.15) is 5.75 Å². The molecule has 0 radical (unpaired) electrons. The van der Waals surface area contributed by atoms with E-state index in [1.807, 2.05) is 31.1 Å². The number of nitrogens with zero attached hydrogens (tertiary/aromatic N) is 2. The molecule has 20 heavy (non-hydrogen) atoms. The highest BCUT2D eigenvalue weighted by Gasteiger charge is 2.29. The summed E-state index contributed by atoms with van der Waals surface area (Å²) in [6.45, 7) is 1.78. The van der Waals surface area contributed by atoms with Crippen LogP contribution in [-0.2, 0) is 4.79 Å². The number of likely N-dealkylation sites (tertiary alicyclic amines) is 1. The van der Waals surface area contributed by atoms with Gasteiger partial charge in [-0.05, 0) is 39.1 Å². The van der Waals surface area contributed by atoms with Gasteiger partial charge in [-0.25, -0.2) is 0 Å². The number of nitrogen functional groups attached to an aromatic ring is 1. The third-order valence-electron chi connectivity index (χ3n) is 3.54. The van der Waals surface area contributed by atoms with Gasteiger partial charge in [0.15, 0.2) is 6.61 Å². The van der Waals surface area contributed by atoms with Crippen LogP contribution in [0, 0.1) is 0 Å². The van der Waals surface area contributed by atoms with E-state index < -0.39 is 0 Å². The highest BCUT2D eigenvalue weighted by molar-refractivity contribution is 5.78. The molecule has 5 heteroatoms. The molecule has 1 aromatic carbocycles. The van der Waals surface area contributed by atoms with Crippen LogP contribution in [0.3, 0.4) is 0 Å². The molecule has 0 spiro atoms. The number of carbonyl (C=O) groups excluding carboxylic acids is 1. The van der Waals surface area contributed by atoms with Gasteiger partial charge in [-0.3, -0.25) is 4.79 Å². The van der Waals surface area contributed by atoms with Gasteiger partial charge in [0.25, 0.3) is 5.91 Å². The summed E-state index contributed by atoms with van der Waals surface area (Å²) in [5.41, 5.74) is 6.36. The van der Waals surface area contributed by atoms with E-state index in [1.54, 1.807) is 12.1 Å². The van der Waals surface area contributed by atoms with E-state index >= 15 is 0 Å². The van der Waals surface area contributed by atoms with E-state index in [1.165, 1.54) is 0 Å². The molecule has 1 unspecified atom stereocenters. The van der Waals surface area contributed by atoms with Gasteiger partial charge in [-0.2, -0.15) is 0 Å². The van der Waals surface area contributed by atoms with Gasteiger partial charge in [0, 0.05) is 19.1 Å². The maximum atomic E-state index is 12.3. The zero-order valence-electron chi connectivity index (χ0n) is 12.2. The Balaban J connectivity index is 1.90. The second-order valence-corrected chi connectivity index (χ2v) is 5.47. The maximum absolute atomic E-state index is 12.3. The monoisotopic (exact) mass is 277 g/mol. The lowest BCUT2D eigenvalue weighted by molar-refractivity contribution is -0.134. The summed E-state index contributed by atoms with van der Waals surface area (Å²) < 4.78 is 5.53. The number of rotatable bonds is 5. The number of likely N-dealkylation sites (N-methyl/N-ethyl adjacent to an activating group) is 1. The topological polar surface area (TPSA) is 58.8 Å². The molecule has 1 aliphatic rings. The third kappa shape index (κ3) is 3.63. The van der Waals surface area contributed by atoms with Gasteiger partial charge in [0.05, 0.1) is 5.69 Å². The number of amides is 1. The largest absolute Gasteiger partial charge is 0.482 e. The number of para-hydroxylation sites is 2. The smallest absolute Gasteiger partial charge is 0.260 e. The number of hydrogen-bond acceptors (Lipinski definition) is 4. The number of ether oxygens (including phenoxy) is 1.